The second-order valence-corrected chi connectivity index (χ2v) is 13.3. The van der Waals surface area contributed by atoms with Crippen molar-refractivity contribution in [3.63, 3.8) is 0 Å². The summed E-state index contributed by atoms with van der Waals surface area (Å²) in [5.74, 6) is -1.09. The first-order valence-electron chi connectivity index (χ1n) is 17.5. The lowest BCUT2D eigenvalue weighted by Gasteiger charge is -2.29. The first kappa shape index (κ1) is 39.2. The van der Waals surface area contributed by atoms with Gasteiger partial charge in [-0.05, 0) is 69.0 Å². The highest BCUT2D eigenvalue weighted by molar-refractivity contribution is 5.95. The Labute approximate surface area is 291 Å². The summed E-state index contributed by atoms with van der Waals surface area (Å²) in [6.45, 7) is 8.37. The summed E-state index contributed by atoms with van der Waals surface area (Å²) < 4.78 is 0. The van der Waals surface area contributed by atoms with Gasteiger partial charge in [-0.1, -0.05) is 74.5 Å². The van der Waals surface area contributed by atoms with Crippen LogP contribution in [0.3, 0.4) is 0 Å². The topological polar surface area (TPSA) is 187 Å². The Morgan fingerprint density at radius 3 is 1.86 bits per heavy atom. The van der Waals surface area contributed by atoms with Gasteiger partial charge in [0.1, 0.15) is 18.1 Å². The molecule has 12 nitrogen and oxygen atoms in total. The minimum Gasteiger partial charge on any atom is -0.359 e. The van der Waals surface area contributed by atoms with E-state index in [0.29, 0.717) is 70.7 Å². The van der Waals surface area contributed by atoms with Crippen molar-refractivity contribution in [2.75, 3.05) is 32.7 Å². The van der Waals surface area contributed by atoms with E-state index >= 15 is 0 Å². The van der Waals surface area contributed by atoms with Crippen LogP contribution in [0.2, 0.25) is 0 Å². The number of amidine groups is 1. The van der Waals surface area contributed by atoms with E-state index in [4.69, 9.17) is 16.9 Å². The first-order valence-corrected chi connectivity index (χ1v) is 17.5. The molecule has 4 atom stereocenters. The maximum absolute atomic E-state index is 13.9. The molecule has 0 spiro atoms. The number of unbranched alkanes of at least 4 members (excludes halogenated alkanes) is 1. The van der Waals surface area contributed by atoms with Crippen molar-refractivity contribution in [3.8, 4) is 0 Å². The molecule has 4 amide bonds. The lowest BCUT2D eigenvalue weighted by atomic mass is 9.99. The molecule has 1 fully saturated rings. The molecule has 49 heavy (non-hydrogen) atoms. The molecule has 1 saturated heterocycles. The van der Waals surface area contributed by atoms with Crippen molar-refractivity contribution in [2.45, 2.75) is 89.9 Å². The summed E-state index contributed by atoms with van der Waals surface area (Å²) in [4.78, 5) is 58.6. The Kier molecular flexibility index (Phi) is 16.2. The quantitative estimate of drug-likeness (QED) is 0.0840. The van der Waals surface area contributed by atoms with E-state index in [1.165, 1.54) is 0 Å². The molecule has 2 aromatic rings. The van der Waals surface area contributed by atoms with Gasteiger partial charge in [-0.15, -0.1) is 0 Å². The van der Waals surface area contributed by atoms with Gasteiger partial charge >= 0.3 is 0 Å². The minimum absolute atomic E-state index is 0.0462. The standard InChI is InChI=1S/C37H56N8O4/c1-26(2)23-32(35(47)41-31(17-10-11-18-38)37(49)45-20-12-19-44(21-22-45)27(3)39)43-36(48)33(25-29-15-8-5-9-16-29)42-34(46)30(40)24-28-13-6-4-7-14-28/h4-9,13-16,26,30-33,39H,10-12,17-25,38,40H2,1-3H3,(H,41,47)(H,42,46)(H,43,48)/t30-,31-,32-,33-/m1/s1. The van der Waals surface area contributed by atoms with E-state index < -0.39 is 41.9 Å². The summed E-state index contributed by atoms with van der Waals surface area (Å²) in [6, 6.07) is 15.2. The van der Waals surface area contributed by atoms with Crippen molar-refractivity contribution in [1.82, 2.24) is 25.8 Å². The Balaban J connectivity index is 1.77. The fourth-order valence-corrected chi connectivity index (χ4v) is 5.99. The van der Waals surface area contributed by atoms with Gasteiger partial charge in [-0.25, -0.2) is 0 Å². The lowest BCUT2D eigenvalue weighted by Crippen LogP contribution is -2.58. The van der Waals surface area contributed by atoms with E-state index in [9.17, 15) is 19.2 Å². The van der Waals surface area contributed by atoms with Gasteiger partial charge in [-0.2, -0.15) is 0 Å². The molecule has 0 radical (unpaired) electrons. The summed E-state index contributed by atoms with van der Waals surface area (Å²) in [5, 5.41) is 16.7. The largest absolute Gasteiger partial charge is 0.359 e. The molecule has 1 heterocycles. The zero-order valence-electron chi connectivity index (χ0n) is 29.3. The molecule has 1 aliphatic heterocycles. The third kappa shape index (κ3) is 13.3. The highest BCUT2D eigenvalue weighted by Gasteiger charge is 2.33. The van der Waals surface area contributed by atoms with Gasteiger partial charge in [0.05, 0.1) is 11.9 Å². The number of rotatable bonds is 17. The van der Waals surface area contributed by atoms with Crippen molar-refractivity contribution in [2.24, 2.45) is 17.4 Å². The number of hydrogen-bond acceptors (Lipinski definition) is 7. The van der Waals surface area contributed by atoms with Crippen LogP contribution in [0.4, 0.5) is 0 Å². The summed E-state index contributed by atoms with van der Waals surface area (Å²) in [5.41, 5.74) is 13.7. The van der Waals surface area contributed by atoms with Gasteiger partial charge in [0.15, 0.2) is 0 Å². The molecule has 1 aliphatic rings. The molecule has 12 heteroatoms. The van der Waals surface area contributed by atoms with E-state index in [-0.39, 0.29) is 18.2 Å². The number of benzene rings is 2. The monoisotopic (exact) mass is 676 g/mol. The average molecular weight is 677 g/mol. The molecular formula is C37H56N8O4. The molecule has 2 aromatic carbocycles. The van der Waals surface area contributed by atoms with Crippen LogP contribution in [-0.4, -0.2) is 96.2 Å². The summed E-state index contributed by atoms with van der Waals surface area (Å²) >= 11 is 0. The van der Waals surface area contributed by atoms with Crippen LogP contribution >= 0.6 is 0 Å². The molecule has 0 aliphatic carbocycles. The van der Waals surface area contributed by atoms with E-state index in [0.717, 1.165) is 17.5 Å². The zero-order valence-corrected chi connectivity index (χ0v) is 29.3. The second kappa shape index (κ2) is 20.3. The number of carbonyl (C=O) groups is 4. The SMILES string of the molecule is CC(=N)N1CCCN(C(=O)[C@@H](CCCCN)NC(=O)[C@@H](CC(C)C)NC(=O)[C@@H](Cc2ccccc2)NC(=O)[C@H](N)Cc2ccccc2)CC1. The highest BCUT2D eigenvalue weighted by Crippen LogP contribution is 2.13. The number of amides is 4. The highest BCUT2D eigenvalue weighted by atomic mass is 16.2. The van der Waals surface area contributed by atoms with E-state index in [1.54, 1.807) is 11.8 Å². The van der Waals surface area contributed by atoms with Crippen LogP contribution < -0.4 is 27.4 Å². The number of nitrogens with zero attached hydrogens (tertiary/aromatic N) is 2. The number of nitrogens with one attached hydrogen (secondary N) is 4. The van der Waals surface area contributed by atoms with Crippen LogP contribution in [0.5, 0.6) is 0 Å². The van der Waals surface area contributed by atoms with Crippen molar-refractivity contribution in [1.29, 1.82) is 5.41 Å². The molecule has 268 valence electrons. The number of carbonyl (C=O) groups excluding carboxylic acids is 4. The normalized spacial score (nSPS) is 15.8. The third-order valence-electron chi connectivity index (χ3n) is 8.73. The Morgan fingerprint density at radius 1 is 0.735 bits per heavy atom. The van der Waals surface area contributed by atoms with Crippen molar-refractivity contribution in [3.05, 3.63) is 71.8 Å². The van der Waals surface area contributed by atoms with Crippen LogP contribution in [0, 0.1) is 11.3 Å². The smallest absolute Gasteiger partial charge is 0.245 e. The van der Waals surface area contributed by atoms with Crippen LogP contribution in [0.1, 0.15) is 64.0 Å². The van der Waals surface area contributed by atoms with Crippen LogP contribution in [0.15, 0.2) is 60.7 Å². The summed E-state index contributed by atoms with van der Waals surface area (Å²) in [7, 11) is 0. The maximum Gasteiger partial charge on any atom is 0.245 e. The maximum atomic E-state index is 13.9. The molecule has 0 unspecified atom stereocenters. The lowest BCUT2D eigenvalue weighted by molar-refractivity contribution is -0.138. The predicted octanol–water partition coefficient (Wildman–Crippen LogP) is 1.96. The van der Waals surface area contributed by atoms with Gasteiger partial charge in [0, 0.05) is 32.6 Å². The molecule has 0 bridgehead atoms. The van der Waals surface area contributed by atoms with Gasteiger partial charge < -0.3 is 37.2 Å². The summed E-state index contributed by atoms with van der Waals surface area (Å²) in [6.07, 6.45) is 3.34. The Bertz CT molecular complexity index is 1360. The fourth-order valence-electron chi connectivity index (χ4n) is 5.99. The fraction of sp³-hybridized carbons (Fsp3) is 0.541. The molecular weight excluding hydrogens is 620 g/mol. The van der Waals surface area contributed by atoms with Gasteiger partial charge in [0.25, 0.3) is 0 Å². The zero-order chi connectivity index (χ0) is 35.8. The minimum atomic E-state index is -0.987. The Morgan fingerprint density at radius 2 is 1.27 bits per heavy atom. The first-order chi connectivity index (χ1) is 23.5. The molecule has 0 aromatic heterocycles. The molecule has 0 saturated carbocycles. The average Bonchev–Trinajstić information content (AvgIpc) is 3.34. The van der Waals surface area contributed by atoms with E-state index in [1.807, 2.05) is 79.4 Å². The van der Waals surface area contributed by atoms with Gasteiger partial charge in [-0.3, -0.25) is 24.6 Å². The third-order valence-corrected chi connectivity index (χ3v) is 8.73. The van der Waals surface area contributed by atoms with Gasteiger partial charge in [0.2, 0.25) is 23.6 Å². The molecule has 8 N–H and O–H groups in total. The number of hydrogen-bond donors (Lipinski definition) is 6. The van der Waals surface area contributed by atoms with Crippen molar-refractivity contribution < 1.29 is 19.2 Å². The molecule has 3 rings (SSSR count). The predicted molar refractivity (Wildman–Crippen MR) is 193 cm³/mol. The Hall–Kier alpha value is -4.29. The van der Waals surface area contributed by atoms with Crippen LogP contribution in [0.25, 0.3) is 0 Å². The van der Waals surface area contributed by atoms with E-state index in [2.05, 4.69) is 16.0 Å². The van der Waals surface area contributed by atoms with Crippen molar-refractivity contribution >= 4 is 29.5 Å². The second-order valence-electron chi connectivity index (χ2n) is 13.3. The number of nitrogens with two attached hydrogens (primary N) is 2. The van der Waals surface area contributed by atoms with Crippen LogP contribution in [-0.2, 0) is 32.0 Å².